The van der Waals surface area contributed by atoms with E-state index in [4.69, 9.17) is 4.74 Å². The van der Waals surface area contributed by atoms with Crippen molar-refractivity contribution in [2.45, 2.75) is 51.7 Å². The molecule has 0 radical (unpaired) electrons. The first-order chi connectivity index (χ1) is 9.93. The van der Waals surface area contributed by atoms with Crippen LogP contribution in [-0.4, -0.2) is 40.7 Å². The molecule has 1 aromatic carbocycles. The van der Waals surface area contributed by atoms with Gasteiger partial charge in [-0.2, -0.15) is 0 Å². The molecule has 1 unspecified atom stereocenters. The number of hydrogen-bond donors (Lipinski definition) is 1. The summed E-state index contributed by atoms with van der Waals surface area (Å²) in [6, 6.07) is 7.87. The molecule has 1 fully saturated rings. The summed E-state index contributed by atoms with van der Waals surface area (Å²) in [7, 11) is 0. The smallest absolute Gasteiger partial charge is 0.223 e. The van der Waals surface area contributed by atoms with Gasteiger partial charge in [0.2, 0.25) is 5.91 Å². The number of rotatable bonds is 5. The Morgan fingerprint density at radius 3 is 2.76 bits per heavy atom. The van der Waals surface area contributed by atoms with Crippen molar-refractivity contribution < 1.29 is 14.6 Å². The van der Waals surface area contributed by atoms with Gasteiger partial charge in [-0.3, -0.25) is 4.79 Å². The average Bonchev–Trinajstić information content (AvgIpc) is 2.71. The van der Waals surface area contributed by atoms with Crippen molar-refractivity contribution >= 4 is 5.91 Å². The number of ether oxygens (including phenoxy) is 1. The first-order valence-electron chi connectivity index (χ1n) is 7.60. The maximum atomic E-state index is 12.2. The summed E-state index contributed by atoms with van der Waals surface area (Å²) < 4.78 is 5.70. The Balaban J connectivity index is 1.77. The third-order valence-electron chi connectivity index (χ3n) is 4.32. The number of aliphatic hydroxyl groups excluding tert-OH is 1. The van der Waals surface area contributed by atoms with Gasteiger partial charge in [0.15, 0.2) is 0 Å². The summed E-state index contributed by atoms with van der Waals surface area (Å²) in [6.07, 6.45) is 1.39. The van der Waals surface area contributed by atoms with Gasteiger partial charge in [0.05, 0.1) is 18.2 Å². The second-order valence-electron chi connectivity index (χ2n) is 6.22. The van der Waals surface area contributed by atoms with Crippen molar-refractivity contribution in [1.82, 2.24) is 4.90 Å². The number of nitrogens with zero attached hydrogens (tertiary/aromatic N) is 1. The molecule has 0 saturated carbocycles. The van der Waals surface area contributed by atoms with E-state index in [1.54, 1.807) is 4.90 Å². The van der Waals surface area contributed by atoms with Crippen LogP contribution in [0.25, 0.3) is 0 Å². The summed E-state index contributed by atoms with van der Waals surface area (Å²) in [5, 5.41) is 9.91. The normalized spacial score (nSPS) is 20.6. The minimum atomic E-state index is -0.450. The van der Waals surface area contributed by atoms with Crippen LogP contribution in [0.1, 0.15) is 38.7 Å². The van der Waals surface area contributed by atoms with Crippen molar-refractivity contribution in [2.24, 2.45) is 0 Å². The molecule has 1 aliphatic heterocycles. The van der Waals surface area contributed by atoms with Gasteiger partial charge < -0.3 is 14.7 Å². The van der Waals surface area contributed by atoms with E-state index in [-0.39, 0.29) is 5.91 Å². The minimum Gasteiger partial charge on any atom is -0.493 e. The minimum absolute atomic E-state index is 0.102. The fraction of sp³-hybridized carbons (Fsp3) is 0.588. The molecule has 0 spiro atoms. The van der Waals surface area contributed by atoms with Gasteiger partial charge in [-0.25, -0.2) is 0 Å². The lowest BCUT2D eigenvalue weighted by Crippen LogP contribution is -2.48. The number of benzene rings is 1. The van der Waals surface area contributed by atoms with Crippen molar-refractivity contribution in [3.63, 3.8) is 0 Å². The third-order valence-corrected chi connectivity index (χ3v) is 4.32. The van der Waals surface area contributed by atoms with Crippen LogP contribution in [0.5, 0.6) is 5.75 Å². The van der Waals surface area contributed by atoms with Gasteiger partial charge in [0.1, 0.15) is 5.75 Å². The van der Waals surface area contributed by atoms with Crippen LogP contribution in [0.4, 0.5) is 0 Å². The molecule has 1 N–H and O–H groups in total. The fourth-order valence-electron chi connectivity index (χ4n) is 2.78. The Bertz CT molecular complexity index is 499. The Hall–Kier alpha value is -1.55. The zero-order chi connectivity index (χ0) is 15.5. The molecule has 0 bridgehead atoms. The highest BCUT2D eigenvalue weighted by molar-refractivity contribution is 5.77. The van der Waals surface area contributed by atoms with Gasteiger partial charge in [-0.1, -0.05) is 18.2 Å². The monoisotopic (exact) mass is 291 g/mol. The molecule has 1 heterocycles. The summed E-state index contributed by atoms with van der Waals surface area (Å²) in [5.74, 6) is 0.979. The van der Waals surface area contributed by atoms with Crippen LogP contribution >= 0.6 is 0 Å². The van der Waals surface area contributed by atoms with E-state index in [1.807, 2.05) is 45.0 Å². The van der Waals surface area contributed by atoms with Gasteiger partial charge in [-0.15, -0.1) is 0 Å². The zero-order valence-electron chi connectivity index (χ0n) is 13.1. The highest BCUT2D eigenvalue weighted by Crippen LogP contribution is 2.29. The van der Waals surface area contributed by atoms with E-state index >= 15 is 0 Å². The maximum absolute atomic E-state index is 12.2. The first-order valence-corrected chi connectivity index (χ1v) is 7.60. The Morgan fingerprint density at radius 1 is 1.43 bits per heavy atom. The van der Waals surface area contributed by atoms with Crippen LogP contribution in [0.2, 0.25) is 0 Å². The molecule has 4 heteroatoms. The SMILES string of the molecule is Cc1ccccc1OCCCC(=O)N1CCC(O)C1(C)C. The number of amides is 1. The molecule has 1 aromatic rings. The molecule has 1 aliphatic rings. The predicted octanol–water partition coefficient (Wildman–Crippen LogP) is 2.53. The zero-order valence-corrected chi connectivity index (χ0v) is 13.1. The van der Waals surface area contributed by atoms with E-state index < -0.39 is 11.6 Å². The quantitative estimate of drug-likeness (QED) is 0.848. The highest BCUT2D eigenvalue weighted by Gasteiger charge is 2.42. The molecule has 116 valence electrons. The van der Waals surface area contributed by atoms with Gasteiger partial charge >= 0.3 is 0 Å². The molecule has 21 heavy (non-hydrogen) atoms. The molecule has 1 atom stereocenters. The van der Waals surface area contributed by atoms with Crippen LogP contribution < -0.4 is 4.74 Å². The summed E-state index contributed by atoms with van der Waals surface area (Å²) in [5.41, 5.74) is 0.654. The predicted molar refractivity (Wildman–Crippen MR) is 82.3 cm³/mol. The van der Waals surface area contributed by atoms with Crippen LogP contribution in [-0.2, 0) is 4.79 Å². The first kappa shape index (κ1) is 15.8. The number of aliphatic hydroxyl groups is 1. The summed E-state index contributed by atoms with van der Waals surface area (Å²) in [6.45, 7) is 7.03. The molecule has 1 amide bonds. The lowest BCUT2D eigenvalue weighted by molar-refractivity contribution is -0.136. The largest absolute Gasteiger partial charge is 0.493 e. The average molecular weight is 291 g/mol. The lowest BCUT2D eigenvalue weighted by atomic mass is 9.98. The van der Waals surface area contributed by atoms with Gasteiger partial charge in [-0.05, 0) is 45.2 Å². The second kappa shape index (κ2) is 6.48. The van der Waals surface area contributed by atoms with Crippen LogP contribution in [0.3, 0.4) is 0 Å². The molecule has 0 aliphatic carbocycles. The number of hydrogen-bond acceptors (Lipinski definition) is 3. The summed E-state index contributed by atoms with van der Waals surface area (Å²) >= 11 is 0. The Kier molecular flexibility index (Phi) is 4.88. The van der Waals surface area contributed by atoms with Crippen molar-refractivity contribution in [1.29, 1.82) is 0 Å². The van der Waals surface area contributed by atoms with Crippen molar-refractivity contribution in [2.75, 3.05) is 13.2 Å². The van der Waals surface area contributed by atoms with Crippen LogP contribution in [0, 0.1) is 6.92 Å². The second-order valence-corrected chi connectivity index (χ2v) is 6.22. The fourth-order valence-corrected chi connectivity index (χ4v) is 2.78. The van der Waals surface area contributed by atoms with Crippen LogP contribution in [0.15, 0.2) is 24.3 Å². The van der Waals surface area contributed by atoms with Gasteiger partial charge in [0.25, 0.3) is 0 Å². The number of carbonyl (C=O) groups excluding carboxylic acids is 1. The molecule has 1 saturated heterocycles. The van der Waals surface area contributed by atoms with E-state index in [0.717, 1.165) is 11.3 Å². The molecular formula is C17H25NO3. The Labute approximate surface area is 126 Å². The van der Waals surface area contributed by atoms with E-state index in [0.29, 0.717) is 32.4 Å². The number of likely N-dealkylation sites (tertiary alicyclic amines) is 1. The number of carbonyl (C=O) groups is 1. The van der Waals surface area contributed by atoms with E-state index in [9.17, 15) is 9.90 Å². The maximum Gasteiger partial charge on any atom is 0.223 e. The topological polar surface area (TPSA) is 49.8 Å². The number of para-hydroxylation sites is 1. The van der Waals surface area contributed by atoms with Gasteiger partial charge in [0, 0.05) is 13.0 Å². The number of aryl methyl sites for hydroxylation is 1. The van der Waals surface area contributed by atoms with E-state index in [2.05, 4.69) is 0 Å². The van der Waals surface area contributed by atoms with Crippen molar-refractivity contribution in [3.8, 4) is 5.75 Å². The Morgan fingerprint density at radius 2 is 2.14 bits per heavy atom. The lowest BCUT2D eigenvalue weighted by Gasteiger charge is -2.33. The third kappa shape index (κ3) is 3.56. The van der Waals surface area contributed by atoms with E-state index in [1.165, 1.54) is 0 Å². The van der Waals surface area contributed by atoms with Crippen molar-refractivity contribution in [3.05, 3.63) is 29.8 Å². The summed E-state index contributed by atoms with van der Waals surface area (Å²) in [4.78, 5) is 14.0. The molecule has 0 aromatic heterocycles. The molecule has 2 rings (SSSR count). The standard InChI is InChI=1S/C17H25NO3/c1-13-7-4-5-8-14(13)21-12-6-9-16(20)18-11-10-15(19)17(18,2)3/h4-5,7-8,15,19H,6,9-12H2,1-3H3. The highest BCUT2D eigenvalue weighted by atomic mass is 16.5. The molecule has 4 nitrogen and oxygen atoms in total. The molecular weight excluding hydrogens is 266 g/mol.